The van der Waals surface area contributed by atoms with E-state index in [1.165, 1.54) is 16.5 Å². The second kappa shape index (κ2) is 11.8. The van der Waals surface area contributed by atoms with Gasteiger partial charge in [-0.1, -0.05) is 149 Å². The van der Waals surface area contributed by atoms with Crippen molar-refractivity contribution in [1.82, 2.24) is 4.48 Å². The van der Waals surface area contributed by atoms with Gasteiger partial charge in [0, 0.05) is 23.4 Å². The van der Waals surface area contributed by atoms with E-state index in [0.29, 0.717) is 5.17 Å². The smallest absolute Gasteiger partial charge is 0.328 e. The van der Waals surface area contributed by atoms with Crippen molar-refractivity contribution < 1.29 is 0 Å². The number of halogens is 1. The van der Waals surface area contributed by atoms with E-state index in [4.69, 9.17) is 16.6 Å². The molecular formula is C36H30BClN2. The fourth-order valence-electron chi connectivity index (χ4n) is 5.44. The van der Waals surface area contributed by atoms with Gasteiger partial charge in [-0.05, 0) is 42.7 Å². The van der Waals surface area contributed by atoms with E-state index in [-0.39, 0.29) is 6.85 Å². The van der Waals surface area contributed by atoms with Crippen molar-refractivity contribution in [3.8, 4) is 0 Å². The molecule has 0 unspecified atom stereocenters. The Labute approximate surface area is 242 Å². The first-order chi connectivity index (χ1) is 19.7. The summed E-state index contributed by atoms with van der Waals surface area (Å²) in [6, 6.07) is 45.2. The van der Waals surface area contributed by atoms with Gasteiger partial charge in [-0.2, -0.15) is 0 Å². The number of hydrogen-bond acceptors (Lipinski definition) is 1. The number of aromatic nitrogens is 1. The van der Waals surface area contributed by atoms with Crippen LogP contribution < -0.4 is 10.9 Å². The molecule has 0 N–H and O–H groups in total. The third-order valence-electron chi connectivity index (χ3n) is 7.39. The summed E-state index contributed by atoms with van der Waals surface area (Å²) in [5.74, 6) is 0. The van der Waals surface area contributed by atoms with Crippen LogP contribution in [0.5, 0.6) is 0 Å². The molecule has 0 fully saturated rings. The molecule has 0 saturated carbocycles. The van der Waals surface area contributed by atoms with Crippen LogP contribution in [0.15, 0.2) is 138 Å². The zero-order valence-corrected chi connectivity index (χ0v) is 23.3. The average molecular weight is 537 g/mol. The van der Waals surface area contributed by atoms with Crippen molar-refractivity contribution in [3.05, 3.63) is 161 Å². The standard InChI is InChI=1S/C36H30BClN2/c1-27-17-20-29(21-18-27)36(33-24-26-35(38)39-33)34-25-23-32(22-19-28-11-5-2-6-12-28)40(34)37(30-13-7-3-8-14-30)31-15-9-4-10-16-31/h2-23,25H,24,26H2,1H3/b22-19+,36-33+. The summed E-state index contributed by atoms with van der Waals surface area (Å²) < 4.78 is 2.47. The van der Waals surface area contributed by atoms with E-state index in [9.17, 15) is 0 Å². The monoisotopic (exact) mass is 536 g/mol. The third-order valence-corrected chi connectivity index (χ3v) is 7.67. The van der Waals surface area contributed by atoms with Crippen LogP contribution >= 0.6 is 11.6 Å². The maximum Gasteiger partial charge on any atom is 0.328 e. The Morgan fingerprint density at radius 2 is 1.30 bits per heavy atom. The van der Waals surface area contributed by atoms with Crippen molar-refractivity contribution >= 4 is 52.3 Å². The van der Waals surface area contributed by atoms with Gasteiger partial charge in [0.15, 0.2) is 0 Å². The van der Waals surface area contributed by atoms with E-state index in [0.717, 1.165) is 46.6 Å². The normalized spacial score (nSPS) is 14.4. The Bertz CT molecular complexity index is 1640. The minimum Gasteiger partial charge on any atom is -0.376 e. The fraction of sp³-hybridized carbons (Fsp3) is 0.0833. The Morgan fingerprint density at radius 1 is 0.700 bits per heavy atom. The van der Waals surface area contributed by atoms with Crippen molar-refractivity contribution in [1.29, 1.82) is 0 Å². The first kappa shape index (κ1) is 25.9. The van der Waals surface area contributed by atoms with Gasteiger partial charge >= 0.3 is 6.85 Å². The molecule has 4 aromatic carbocycles. The summed E-state index contributed by atoms with van der Waals surface area (Å²) in [7, 11) is 0. The predicted octanol–water partition coefficient (Wildman–Crippen LogP) is 7.81. The lowest BCUT2D eigenvalue weighted by Crippen LogP contribution is -2.49. The molecule has 0 bridgehead atoms. The number of rotatable bonds is 7. The first-order valence-corrected chi connectivity index (χ1v) is 14.1. The summed E-state index contributed by atoms with van der Waals surface area (Å²) in [6.45, 7) is 2.08. The number of aliphatic imine (C=N–C) groups is 1. The molecule has 1 aliphatic heterocycles. The second-order valence-electron chi connectivity index (χ2n) is 10.2. The van der Waals surface area contributed by atoms with Crippen LogP contribution in [0.2, 0.25) is 0 Å². The second-order valence-corrected chi connectivity index (χ2v) is 10.6. The average Bonchev–Trinajstić information content (AvgIpc) is 3.61. The minimum atomic E-state index is -0.0373. The molecule has 5 aromatic rings. The fourth-order valence-corrected chi connectivity index (χ4v) is 5.64. The molecule has 0 amide bonds. The number of aryl methyl sites for hydroxylation is 1. The SMILES string of the molecule is Cc1ccc(/C(=C2/CCC(Cl)=N2)c2ccc(/C=C/c3ccccc3)n2B(c2ccccc2)c2ccccc2)cc1. The molecule has 1 aliphatic rings. The highest BCUT2D eigenvalue weighted by atomic mass is 35.5. The molecular weight excluding hydrogens is 507 g/mol. The summed E-state index contributed by atoms with van der Waals surface area (Å²) in [5, 5.41) is 0.671. The lowest BCUT2D eigenvalue weighted by Gasteiger charge is -2.24. The Morgan fingerprint density at radius 3 is 1.88 bits per heavy atom. The quantitative estimate of drug-likeness (QED) is 0.189. The molecule has 1 aromatic heterocycles. The maximum absolute atomic E-state index is 6.47. The van der Waals surface area contributed by atoms with E-state index in [1.54, 1.807) is 0 Å². The van der Waals surface area contributed by atoms with Crippen LogP contribution in [-0.4, -0.2) is 16.5 Å². The molecule has 0 saturated heterocycles. The lowest BCUT2D eigenvalue weighted by molar-refractivity contribution is 1.06. The van der Waals surface area contributed by atoms with E-state index < -0.39 is 0 Å². The van der Waals surface area contributed by atoms with E-state index >= 15 is 0 Å². The zero-order valence-electron chi connectivity index (χ0n) is 22.5. The number of benzene rings is 4. The van der Waals surface area contributed by atoms with Crippen molar-refractivity contribution in [2.45, 2.75) is 19.8 Å². The molecule has 0 spiro atoms. The Hall–Kier alpha value is -4.34. The number of nitrogens with zero attached hydrogens (tertiary/aromatic N) is 2. The molecule has 2 heterocycles. The van der Waals surface area contributed by atoms with Gasteiger partial charge in [0.25, 0.3) is 0 Å². The van der Waals surface area contributed by atoms with Gasteiger partial charge in [-0.25, -0.2) is 4.99 Å². The van der Waals surface area contributed by atoms with Crippen LogP contribution in [-0.2, 0) is 0 Å². The Balaban J connectivity index is 1.63. The summed E-state index contributed by atoms with van der Waals surface area (Å²) in [6.07, 6.45) is 6.00. The summed E-state index contributed by atoms with van der Waals surface area (Å²) in [5.41, 5.74) is 10.4. The minimum absolute atomic E-state index is 0.0373. The number of allylic oxidation sites excluding steroid dienone is 1. The van der Waals surface area contributed by atoms with Gasteiger partial charge in [-0.15, -0.1) is 0 Å². The van der Waals surface area contributed by atoms with Crippen molar-refractivity contribution in [2.24, 2.45) is 4.99 Å². The molecule has 0 atom stereocenters. The van der Waals surface area contributed by atoms with E-state index in [1.807, 2.05) is 6.07 Å². The largest absolute Gasteiger partial charge is 0.376 e. The van der Waals surface area contributed by atoms with Crippen LogP contribution in [0.4, 0.5) is 0 Å². The molecule has 6 rings (SSSR count). The maximum atomic E-state index is 6.47. The van der Waals surface area contributed by atoms with Gasteiger partial charge in [0.1, 0.15) is 5.17 Å². The third kappa shape index (κ3) is 5.52. The summed E-state index contributed by atoms with van der Waals surface area (Å²) in [4.78, 5) is 4.84. The molecule has 0 radical (unpaired) electrons. The highest BCUT2D eigenvalue weighted by Gasteiger charge is 2.29. The van der Waals surface area contributed by atoms with E-state index in [2.05, 4.69) is 145 Å². The lowest BCUT2D eigenvalue weighted by atomic mass is 9.50. The van der Waals surface area contributed by atoms with Crippen LogP contribution in [0.25, 0.3) is 17.7 Å². The van der Waals surface area contributed by atoms with Crippen LogP contribution in [0.3, 0.4) is 0 Å². The van der Waals surface area contributed by atoms with Gasteiger partial charge < -0.3 is 4.48 Å². The first-order valence-electron chi connectivity index (χ1n) is 13.8. The molecule has 0 aliphatic carbocycles. The van der Waals surface area contributed by atoms with Gasteiger partial charge in [0.2, 0.25) is 0 Å². The van der Waals surface area contributed by atoms with Crippen LogP contribution in [0, 0.1) is 6.92 Å². The molecule has 194 valence electrons. The highest BCUT2D eigenvalue weighted by Crippen LogP contribution is 2.35. The molecule has 40 heavy (non-hydrogen) atoms. The molecule has 2 nitrogen and oxygen atoms in total. The predicted molar refractivity (Wildman–Crippen MR) is 173 cm³/mol. The molecule has 4 heteroatoms. The zero-order chi connectivity index (χ0) is 27.3. The number of hydrogen-bond donors (Lipinski definition) is 0. The Kier molecular flexibility index (Phi) is 7.65. The summed E-state index contributed by atoms with van der Waals surface area (Å²) >= 11 is 6.47. The van der Waals surface area contributed by atoms with Crippen LogP contribution in [0.1, 0.15) is 40.9 Å². The highest BCUT2D eigenvalue weighted by molar-refractivity contribution is 6.84. The topological polar surface area (TPSA) is 17.3 Å². The van der Waals surface area contributed by atoms with Crippen molar-refractivity contribution in [3.63, 3.8) is 0 Å². The van der Waals surface area contributed by atoms with Gasteiger partial charge in [0.05, 0.1) is 5.70 Å². The van der Waals surface area contributed by atoms with Crippen molar-refractivity contribution in [2.75, 3.05) is 0 Å². The van der Waals surface area contributed by atoms with Gasteiger partial charge in [-0.3, -0.25) is 0 Å².